The molecule has 0 saturated carbocycles. The molecule has 0 spiro atoms. The summed E-state index contributed by atoms with van der Waals surface area (Å²) in [7, 11) is 0. The predicted molar refractivity (Wildman–Crippen MR) is 67.9 cm³/mol. The summed E-state index contributed by atoms with van der Waals surface area (Å²) in [6.45, 7) is 1.72. The van der Waals surface area contributed by atoms with Gasteiger partial charge in [-0.15, -0.1) is 0 Å². The lowest BCUT2D eigenvalue weighted by molar-refractivity contribution is 0.318. The van der Waals surface area contributed by atoms with Crippen LogP contribution in [0.5, 0.6) is 11.6 Å². The number of aryl methyl sites for hydroxylation is 1. The Kier molecular flexibility index (Phi) is 3.79. The Morgan fingerprint density at radius 2 is 2.05 bits per heavy atom. The van der Waals surface area contributed by atoms with Crippen molar-refractivity contribution < 1.29 is 18.7 Å². The predicted octanol–water partition coefficient (Wildman–Crippen LogP) is 2.56. The monoisotopic (exact) mass is 279 g/mol. The molecule has 0 fully saturated rings. The van der Waals surface area contributed by atoms with Gasteiger partial charge in [-0.25, -0.2) is 13.8 Å². The quantitative estimate of drug-likeness (QED) is 0.391. The maximum atomic E-state index is 13.1. The maximum absolute atomic E-state index is 13.1. The third kappa shape index (κ3) is 2.66. The van der Waals surface area contributed by atoms with E-state index < -0.39 is 11.6 Å². The number of oxime groups is 1. The van der Waals surface area contributed by atoms with Crippen molar-refractivity contribution in [3.63, 3.8) is 0 Å². The maximum Gasteiger partial charge on any atom is 0.230 e. The van der Waals surface area contributed by atoms with Gasteiger partial charge >= 0.3 is 0 Å². The molecule has 1 heterocycles. The van der Waals surface area contributed by atoms with Gasteiger partial charge in [0.2, 0.25) is 5.88 Å². The van der Waals surface area contributed by atoms with Gasteiger partial charge in [0.05, 0.1) is 5.56 Å². The molecule has 1 aromatic heterocycles. The molecular weight excluding hydrogens is 268 g/mol. The summed E-state index contributed by atoms with van der Waals surface area (Å²) in [5.74, 6) is -2.12. The Balaban J connectivity index is 2.43. The highest BCUT2D eigenvalue weighted by molar-refractivity contribution is 6.00. The van der Waals surface area contributed by atoms with Crippen molar-refractivity contribution >= 4 is 5.84 Å². The minimum atomic E-state index is -1.04. The molecule has 0 aliphatic rings. The van der Waals surface area contributed by atoms with Crippen LogP contribution in [0.15, 0.2) is 35.6 Å². The second-order valence-electron chi connectivity index (χ2n) is 3.97. The van der Waals surface area contributed by atoms with Crippen LogP contribution in [0, 0.1) is 18.6 Å². The number of rotatable bonds is 3. The number of benzene rings is 1. The number of aromatic nitrogens is 1. The summed E-state index contributed by atoms with van der Waals surface area (Å²) < 4.78 is 31.3. The van der Waals surface area contributed by atoms with Gasteiger partial charge in [-0.05, 0) is 30.7 Å². The highest BCUT2D eigenvalue weighted by Crippen LogP contribution is 2.26. The Bertz CT molecular complexity index is 675. The van der Waals surface area contributed by atoms with Crippen molar-refractivity contribution in [1.29, 1.82) is 0 Å². The molecule has 20 heavy (non-hydrogen) atoms. The number of pyridine rings is 1. The van der Waals surface area contributed by atoms with Crippen LogP contribution in [0.1, 0.15) is 11.1 Å². The molecule has 104 valence electrons. The lowest BCUT2D eigenvalue weighted by Gasteiger charge is -2.11. The number of nitrogens with zero attached hydrogens (tertiary/aromatic N) is 2. The Hall–Kier alpha value is -2.70. The van der Waals surface area contributed by atoms with Crippen LogP contribution in [0.4, 0.5) is 8.78 Å². The molecule has 3 N–H and O–H groups in total. The second-order valence-corrected chi connectivity index (χ2v) is 3.97. The molecule has 0 atom stereocenters. The Labute approximate surface area is 113 Å². The van der Waals surface area contributed by atoms with Crippen molar-refractivity contribution in [3.05, 3.63) is 53.2 Å². The smallest absolute Gasteiger partial charge is 0.230 e. The molecule has 1 aromatic carbocycles. The molecule has 0 aliphatic carbocycles. The summed E-state index contributed by atoms with van der Waals surface area (Å²) in [4.78, 5) is 3.95. The third-order valence-electron chi connectivity index (χ3n) is 2.59. The zero-order chi connectivity index (χ0) is 14.7. The van der Waals surface area contributed by atoms with Crippen LogP contribution in [0.25, 0.3) is 0 Å². The topological polar surface area (TPSA) is 80.7 Å². The molecule has 0 amide bonds. The highest BCUT2D eigenvalue weighted by atomic mass is 19.2. The minimum absolute atomic E-state index is 0.0336. The Morgan fingerprint density at radius 1 is 1.30 bits per heavy atom. The van der Waals surface area contributed by atoms with E-state index in [0.717, 1.165) is 12.1 Å². The number of halogens is 2. The number of nitrogens with two attached hydrogens (primary N) is 1. The fourth-order valence-electron chi connectivity index (χ4n) is 1.62. The minimum Gasteiger partial charge on any atom is -0.438 e. The molecule has 0 unspecified atom stereocenters. The van der Waals surface area contributed by atoms with E-state index in [2.05, 4.69) is 10.1 Å². The zero-order valence-corrected chi connectivity index (χ0v) is 10.5. The number of hydrogen-bond acceptors (Lipinski definition) is 4. The first-order valence-corrected chi connectivity index (χ1v) is 5.59. The first-order chi connectivity index (χ1) is 9.52. The summed E-state index contributed by atoms with van der Waals surface area (Å²) in [5, 5.41) is 11.6. The molecule has 7 heteroatoms. The zero-order valence-electron chi connectivity index (χ0n) is 10.5. The fourth-order valence-corrected chi connectivity index (χ4v) is 1.62. The van der Waals surface area contributed by atoms with Crippen LogP contribution in [-0.2, 0) is 0 Å². The van der Waals surface area contributed by atoms with E-state index >= 15 is 0 Å². The molecule has 0 bridgehead atoms. The number of amidine groups is 1. The van der Waals surface area contributed by atoms with Gasteiger partial charge in [0.1, 0.15) is 5.75 Å². The summed E-state index contributed by atoms with van der Waals surface area (Å²) >= 11 is 0. The molecule has 2 aromatic rings. The molecule has 2 rings (SSSR count). The fraction of sp³-hybridized carbons (Fsp3) is 0.0769. The molecule has 0 radical (unpaired) electrons. The van der Waals surface area contributed by atoms with E-state index in [0.29, 0.717) is 5.56 Å². The van der Waals surface area contributed by atoms with E-state index in [4.69, 9.17) is 15.7 Å². The van der Waals surface area contributed by atoms with Gasteiger partial charge in [0.25, 0.3) is 0 Å². The summed E-state index contributed by atoms with van der Waals surface area (Å²) in [6.07, 6.45) is 1.46. The van der Waals surface area contributed by atoms with Crippen LogP contribution >= 0.6 is 0 Å². The average Bonchev–Trinajstić information content (AvgIpc) is 2.42. The Morgan fingerprint density at radius 3 is 2.70 bits per heavy atom. The van der Waals surface area contributed by atoms with E-state index in [-0.39, 0.29) is 23.0 Å². The van der Waals surface area contributed by atoms with Crippen molar-refractivity contribution in [2.24, 2.45) is 10.9 Å². The van der Waals surface area contributed by atoms with E-state index in [9.17, 15) is 8.78 Å². The van der Waals surface area contributed by atoms with E-state index in [1.165, 1.54) is 12.3 Å². The largest absolute Gasteiger partial charge is 0.438 e. The van der Waals surface area contributed by atoms with Crippen LogP contribution in [0.2, 0.25) is 0 Å². The normalized spacial score (nSPS) is 11.4. The van der Waals surface area contributed by atoms with Crippen LogP contribution in [0.3, 0.4) is 0 Å². The number of hydrogen-bond donors (Lipinski definition) is 2. The first-order valence-electron chi connectivity index (χ1n) is 5.59. The van der Waals surface area contributed by atoms with Crippen molar-refractivity contribution in [3.8, 4) is 11.6 Å². The average molecular weight is 279 g/mol. The summed E-state index contributed by atoms with van der Waals surface area (Å²) in [5.41, 5.74) is 6.49. The van der Waals surface area contributed by atoms with Crippen LogP contribution in [-0.4, -0.2) is 16.0 Å². The SMILES string of the molecule is Cc1ccnc(Oc2ccc(F)c(F)c2)c1/C(N)=N/O. The van der Waals surface area contributed by atoms with E-state index in [1.807, 2.05) is 0 Å². The third-order valence-corrected chi connectivity index (χ3v) is 2.59. The van der Waals surface area contributed by atoms with Crippen molar-refractivity contribution in [2.45, 2.75) is 6.92 Å². The second kappa shape index (κ2) is 5.52. The van der Waals surface area contributed by atoms with Gasteiger partial charge in [0.15, 0.2) is 17.5 Å². The van der Waals surface area contributed by atoms with Gasteiger partial charge in [-0.2, -0.15) is 0 Å². The molecule has 0 aliphatic heterocycles. The van der Waals surface area contributed by atoms with E-state index in [1.54, 1.807) is 13.0 Å². The lowest BCUT2D eigenvalue weighted by atomic mass is 10.1. The number of ether oxygens (including phenoxy) is 1. The molecular formula is C13H11F2N3O2. The van der Waals surface area contributed by atoms with Gasteiger partial charge in [-0.1, -0.05) is 5.16 Å². The lowest BCUT2D eigenvalue weighted by Crippen LogP contribution is -2.16. The first kappa shape index (κ1) is 13.7. The van der Waals surface area contributed by atoms with Crippen molar-refractivity contribution in [2.75, 3.05) is 0 Å². The van der Waals surface area contributed by atoms with Gasteiger partial charge < -0.3 is 15.7 Å². The van der Waals surface area contributed by atoms with Gasteiger partial charge in [-0.3, -0.25) is 0 Å². The molecule has 5 nitrogen and oxygen atoms in total. The van der Waals surface area contributed by atoms with Crippen molar-refractivity contribution in [1.82, 2.24) is 4.98 Å². The van der Waals surface area contributed by atoms with Crippen LogP contribution < -0.4 is 10.5 Å². The highest BCUT2D eigenvalue weighted by Gasteiger charge is 2.14. The summed E-state index contributed by atoms with van der Waals surface area (Å²) in [6, 6.07) is 4.71. The molecule has 0 saturated heterocycles. The van der Waals surface area contributed by atoms with Gasteiger partial charge in [0, 0.05) is 12.3 Å². The standard InChI is InChI=1S/C13H11F2N3O2/c1-7-4-5-17-13(11(7)12(16)18-19)20-8-2-3-9(14)10(15)6-8/h2-6,19H,1H3,(H2,16,18).